The van der Waals surface area contributed by atoms with Gasteiger partial charge in [0.25, 0.3) is 0 Å². The number of carbonyl (C=O) groups excluding carboxylic acids is 1. The largest absolute Gasteiger partial charge is 0.481 e. The summed E-state index contributed by atoms with van der Waals surface area (Å²) in [5.74, 6) is -1.15. The van der Waals surface area contributed by atoms with Gasteiger partial charge < -0.3 is 5.11 Å². The lowest BCUT2D eigenvalue weighted by molar-refractivity contribution is -0.140. The molecular weight excluding hydrogens is 312 g/mol. The van der Waals surface area contributed by atoms with Gasteiger partial charge in [-0.1, -0.05) is 83.3 Å². The SMILES string of the molecule is CCCCCCCC/C=C/CCCCCCCCCC(=O)CC(=O)O. The normalized spacial score (nSPS) is 11.2. The third-order valence-electron chi connectivity index (χ3n) is 4.57. The molecule has 0 aromatic heterocycles. The van der Waals surface area contributed by atoms with Crippen molar-refractivity contribution in [1.29, 1.82) is 0 Å². The predicted molar refractivity (Wildman–Crippen MR) is 106 cm³/mol. The van der Waals surface area contributed by atoms with Crippen molar-refractivity contribution in [2.75, 3.05) is 0 Å². The Kier molecular flexibility index (Phi) is 18.3. The van der Waals surface area contributed by atoms with E-state index in [1.165, 1.54) is 77.0 Å². The average Bonchev–Trinajstić information content (AvgIpc) is 2.57. The molecule has 0 saturated carbocycles. The summed E-state index contributed by atoms with van der Waals surface area (Å²) in [6.07, 6.45) is 23.6. The highest BCUT2D eigenvalue weighted by molar-refractivity contribution is 5.94. The first-order valence-corrected chi connectivity index (χ1v) is 10.5. The summed E-state index contributed by atoms with van der Waals surface area (Å²) in [6.45, 7) is 2.26. The van der Waals surface area contributed by atoms with Crippen LogP contribution in [-0.2, 0) is 9.59 Å². The van der Waals surface area contributed by atoms with E-state index >= 15 is 0 Å². The van der Waals surface area contributed by atoms with E-state index in [1.54, 1.807) is 0 Å². The minimum Gasteiger partial charge on any atom is -0.481 e. The zero-order chi connectivity index (χ0) is 18.6. The van der Waals surface area contributed by atoms with Gasteiger partial charge in [-0.05, 0) is 32.1 Å². The fourth-order valence-corrected chi connectivity index (χ4v) is 3.00. The first kappa shape index (κ1) is 23.9. The van der Waals surface area contributed by atoms with Gasteiger partial charge in [-0.25, -0.2) is 0 Å². The van der Waals surface area contributed by atoms with Crippen LogP contribution in [0.15, 0.2) is 12.2 Å². The standard InChI is InChI=1S/C22H40O3/c1-2-3-4-5-6-7-8-9-10-11-12-13-14-15-16-17-18-19-21(23)20-22(24)25/h9-10H,2-8,11-20H2,1H3,(H,24,25)/b10-9+. The van der Waals surface area contributed by atoms with Gasteiger partial charge in [-0.3, -0.25) is 9.59 Å². The number of allylic oxidation sites excluding steroid dienone is 2. The minimum atomic E-state index is -1.01. The van der Waals surface area contributed by atoms with E-state index in [0.717, 1.165) is 19.3 Å². The first-order valence-electron chi connectivity index (χ1n) is 10.5. The number of unbranched alkanes of at least 4 members (excludes halogenated alkanes) is 13. The topological polar surface area (TPSA) is 54.4 Å². The van der Waals surface area contributed by atoms with E-state index in [2.05, 4.69) is 19.1 Å². The number of carboxylic acid groups (broad SMARTS) is 1. The Bertz CT molecular complexity index is 347. The maximum absolute atomic E-state index is 11.2. The van der Waals surface area contributed by atoms with Crippen molar-refractivity contribution < 1.29 is 14.7 Å². The van der Waals surface area contributed by atoms with Crippen molar-refractivity contribution in [3.05, 3.63) is 12.2 Å². The molecule has 0 fully saturated rings. The zero-order valence-corrected chi connectivity index (χ0v) is 16.4. The maximum Gasteiger partial charge on any atom is 0.310 e. The van der Waals surface area contributed by atoms with E-state index < -0.39 is 5.97 Å². The summed E-state index contributed by atoms with van der Waals surface area (Å²) in [5.41, 5.74) is 0. The second-order valence-electron chi connectivity index (χ2n) is 7.15. The first-order chi connectivity index (χ1) is 12.2. The summed E-state index contributed by atoms with van der Waals surface area (Å²) in [5, 5.41) is 8.50. The van der Waals surface area contributed by atoms with Gasteiger partial charge in [0, 0.05) is 6.42 Å². The average molecular weight is 353 g/mol. The molecule has 0 aliphatic heterocycles. The number of Topliss-reactive ketones (excluding diaryl/α,β-unsaturated/α-hetero) is 1. The van der Waals surface area contributed by atoms with Crippen molar-refractivity contribution in [3.8, 4) is 0 Å². The van der Waals surface area contributed by atoms with Crippen LogP contribution in [0.2, 0.25) is 0 Å². The van der Waals surface area contributed by atoms with Crippen LogP contribution in [0, 0.1) is 0 Å². The number of hydrogen-bond donors (Lipinski definition) is 1. The van der Waals surface area contributed by atoms with Crippen LogP contribution in [0.5, 0.6) is 0 Å². The summed E-state index contributed by atoms with van der Waals surface area (Å²) in [6, 6.07) is 0. The number of hydrogen-bond acceptors (Lipinski definition) is 2. The Labute approximate surface area is 155 Å². The molecule has 0 spiro atoms. The summed E-state index contributed by atoms with van der Waals surface area (Å²) in [7, 11) is 0. The van der Waals surface area contributed by atoms with Crippen LogP contribution >= 0.6 is 0 Å². The van der Waals surface area contributed by atoms with E-state index in [4.69, 9.17) is 5.11 Å². The Morgan fingerprint density at radius 3 is 1.60 bits per heavy atom. The molecule has 146 valence electrons. The monoisotopic (exact) mass is 352 g/mol. The molecule has 0 bridgehead atoms. The number of aliphatic carboxylic acids is 1. The van der Waals surface area contributed by atoms with Crippen molar-refractivity contribution >= 4 is 11.8 Å². The van der Waals surface area contributed by atoms with Gasteiger partial charge in [0.15, 0.2) is 0 Å². The number of carbonyl (C=O) groups is 2. The molecule has 3 heteroatoms. The summed E-state index contributed by atoms with van der Waals surface area (Å²) >= 11 is 0. The molecule has 0 radical (unpaired) electrons. The smallest absolute Gasteiger partial charge is 0.310 e. The molecule has 0 unspecified atom stereocenters. The molecule has 1 N–H and O–H groups in total. The molecule has 0 aromatic rings. The van der Waals surface area contributed by atoms with Crippen molar-refractivity contribution in [1.82, 2.24) is 0 Å². The van der Waals surface area contributed by atoms with Crippen LogP contribution < -0.4 is 0 Å². The Balaban J connectivity index is 3.17. The van der Waals surface area contributed by atoms with Gasteiger partial charge in [-0.2, -0.15) is 0 Å². The minimum absolute atomic E-state index is 0.139. The number of carboxylic acids is 1. The quantitative estimate of drug-likeness (QED) is 0.157. The highest BCUT2D eigenvalue weighted by Gasteiger charge is 2.06. The van der Waals surface area contributed by atoms with E-state index in [1.807, 2.05) is 0 Å². The molecule has 0 aromatic carbocycles. The van der Waals surface area contributed by atoms with E-state index in [0.29, 0.717) is 6.42 Å². The molecule has 0 saturated heterocycles. The van der Waals surface area contributed by atoms with Crippen LogP contribution in [0.25, 0.3) is 0 Å². The maximum atomic E-state index is 11.2. The second-order valence-corrected chi connectivity index (χ2v) is 7.15. The molecule has 0 rings (SSSR count). The van der Waals surface area contributed by atoms with Gasteiger partial charge in [0.1, 0.15) is 12.2 Å². The lowest BCUT2D eigenvalue weighted by Gasteiger charge is -2.01. The molecule has 0 aliphatic carbocycles. The highest BCUT2D eigenvalue weighted by Crippen LogP contribution is 2.11. The molecular formula is C22H40O3. The van der Waals surface area contributed by atoms with Crippen molar-refractivity contribution in [2.24, 2.45) is 0 Å². The van der Waals surface area contributed by atoms with Crippen LogP contribution in [0.3, 0.4) is 0 Å². The lowest BCUT2D eigenvalue weighted by atomic mass is 10.0. The number of rotatable bonds is 19. The van der Waals surface area contributed by atoms with Crippen LogP contribution in [0.4, 0.5) is 0 Å². The Morgan fingerprint density at radius 2 is 1.12 bits per heavy atom. The van der Waals surface area contributed by atoms with Gasteiger partial charge >= 0.3 is 5.97 Å². The fraction of sp³-hybridized carbons (Fsp3) is 0.818. The zero-order valence-electron chi connectivity index (χ0n) is 16.4. The van der Waals surface area contributed by atoms with Crippen molar-refractivity contribution in [2.45, 2.75) is 116 Å². The lowest BCUT2D eigenvalue weighted by Crippen LogP contribution is -2.05. The molecule has 3 nitrogen and oxygen atoms in total. The van der Waals surface area contributed by atoms with Gasteiger partial charge in [0.2, 0.25) is 0 Å². The van der Waals surface area contributed by atoms with E-state index in [9.17, 15) is 9.59 Å². The Hall–Kier alpha value is -1.12. The third-order valence-corrected chi connectivity index (χ3v) is 4.57. The molecule has 0 aliphatic rings. The van der Waals surface area contributed by atoms with Crippen LogP contribution in [-0.4, -0.2) is 16.9 Å². The Morgan fingerprint density at radius 1 is 0.680 bits per heavy atom. The third kappa shape index (κ3) is 20.8. The van der Waals surface area contributed by atoms with Gasteiger partial charge in [-0.15, -0.1) is 0 Å². The molecule has 0 heterocycles. The predicted octanol–water partition coefficient (Wildman–Crippen LogP) is 6.85. The van der Waals surface area contributed by atoms with E-state index in [-0.39, 0.29) is 12.2 Å². The van der Waals surface area contributed by atoms with Gasteiger partial charge in [0.05, 0.1) is 0 Å². The van der Waals surface area contributed by atoms with Crippen LogP contribution in [0.1, 0.15) is 116 Å². The summed E-state index contributed by atoms with van der Waals surface area (Å²) < 4.78 is 0. The summed E-state index contributed by atoms with van der Waals surface area (Å²) in [4.78, 5) is 21.6. The second kappa shape index (κ2) is 19.2. The number of ketones is 1. The molecule has 0 amide bonds. The molecule has 0 atom stereocenters. The molecule has 25 heavy (non-hydrogen) atoms. The van der Waals surface area contributed by atoms with Crippen molar-refractivity contribution in [3.63, 3.8) is 0 Å². The fourth-order valence-electron chi connectivity index (χ4n) is 3.00. The highest BCUT2D eigenvalue weighted by atomic mass is 16.4.